The number of para-hydroxylation sites is 1. The maximum absolute atomic E-state index is 13.8. The van der Waals surface area contributed by atoms with Gasteiger partial charge < -0.3 is 29.1 Å². The number of aliphatic hydroxyl groups excluding tert-OH is 1. The second-order valence-corrected chi connectivity index (χ2v) is 13.3. The number of aromatic nitrogens is 3. The first-order valence-electron chi connectivity index (χ1n) is 16.7. The Kier molecular flexibility index (Phi) is 10.0. The van der Waals surface area contributed by atoms with Crippen molar-refractivity contribution in [3.63, 3.8) is 0 Å². The maximum atomic E-state index is 13.8. The van der Waals surface area contributed by atoms with Crippen molar-refractivity contribution in [1.29, 1.82) is 0 Å². The Morgan fingerprint density at radius 1 is 0.957 bits per heavy atom. The molecule has 0 amide bonds. The summed E-state index contributed by atoms with van der Waals surface area (Å²) in [4.78, 5) is 30.7. The number of carbonyl (C=O) groups excluding carboxylic acids is 1. The highest BCUT2D eigenvalue weighted by Crippen LogP contribution is 2.35. The number of methoxy groups -OCH3 is 1. The fraction of sp³-hybridized carbons (Fsp3) is 0.486. The summed E-state index contributed by atoms with van der Waals surface area (Å²) >= 11 is 0. The van der Waals surface area contributed by atoms with Crippen LogP contribution in [0, 0.1) is 0 Å². The van der Waals surface area contributed by atoms with Crippen LogP contribution >= 0.6 is 0 Å². The highest BCUT2D eigenvalue weighted by atomic mass is 16.5. The Balaban J connectivity index is 1.25. The highest BCUT2D eigenvalue weighted by Gasteiger charge is 2.28. The van der Waals surface area contributed by atoms with Crippen LogP contribution in [0.2, 0.25) is 0 Å². The zero-order valence-electron chi connectivity index (χ0n) is 27.7. The van der Waals surface area contributed by atoms with Crippen molar-refractivity contribution >= 4 is 22.5 Å². The highest BCUT2D eigenvalue weighted by molar-refractivity contribution is 5.98. The average molecular weight is 625 g/mol. The van der Waals surface area contributed by atoms with Crippen LogP contribution in [0.5, 0.6) is 5.75 Å². The molecule has 1 saturated heterocycles. The Labute approximate surface area is 272 Å². The van der Waals surface area contributed by atoms with Crippen LogP contribution in [0.15, 0.2) is 60.8 Å². The largest absolute Gasteiger partial charge is 0.496 e. The van der Waals surface area contributed by atoms with E-state index in [9.17, 15) is 9.90 Å². The van der Waals surface area contributed by atoms with E-state index >= 15 is 0 Å². The number of likely N-dealkylation sites (N-methyl/N-ethyl adjacent to an activating group) is 2. The molecule has 2 aromatic carbocycles. The first-order valence-corrected chi connectivity index (χ1v) is 16.7. The van der Waals surface area contributed by atoms with Gasteiger partial charge >= 0.3 is 0 Å². The van der Waals surface area contributed by atoms with E-state index in [0.717, 1.165) is 92.9 Å². The molecule has 6 rings (SSSR count). The number of ketones is 1. The fourth-order valence-electron chi connectivity index (χ4n) is 7.13. The molecule has 9 heteroatoms. The molecular formula is C37H48N6O3. The van der Waals surface area contributed by atoms with Crippen molar-refractivity contribution in [3.8, 4) is 17.0 Å². The summed E-state index contributed by atoms with van der Waals surface area (Å²) in [5, 5.41) is 10.3. The Morgan fingerprint density at radius 3 is 2.46 bits per heavy atom. The van der Waals surface area contributed by atoms with Crippen LogP contribution in [0.3, 0.4) is 0 Å². The molecule has 1 N–H and O–H groups in total. The predicted octanol–water partition coefficient (Wildman–Crippen LogP) is 5.47. The summed E-state index contributed by atoms with van der Waals surface area (Å²) in [6.45, 7) is 4.20. The topological polar surface area (TPSA) is 87.0 Å². The number of pyridine rings is 1. The third kappa shape index (κ3) is 7.12. The molecule has 4 aromatic rings. The molecule has 2 aliphatic rings. The third-order valence-corrected chi connectivity index (χ3v) is 9.91. The van der Waals surface area contributed by atoms with Crippen molar-refractivity contribution in [2.45, 2.75) is 63.1 Å². The summed E-state index contributed by atoms with van der Waals surface area (Å²) in [5.74, 6) is 1.51. The lowest BCUT2D eigenvalue weighted by Crippen LogP contribution is -2.45. The molecule has 2 fully saturated rings. The molecule has 3 heterocycles. The standard InChI is InChI=1S/C37H48N6O3/c1-40(2)21-22-41(3)27-16-19-42(20-17-27)29-11-14-32-34(24-29)43(28-9-12-30(44)13-10-28)37(39-32)25-35(45)26-15-18-38-33(23-26)31-7-5-6-8-36(31)46-4/h5-8,11,14-15,18,23-24,27-28,30,44H,9-10,12-13,16-17,19-22,25H2,1-4H3. The van der Waals surface area contributed by atoms with E-state index in [4.69, 9.17) is 9.72 Å². The zero-order valence-corrected chi connectivity index (χ0v) is 27.7. The lowest BCUT2D eigenvalue weighted by molar-refractivity contribution is 0.0981. The van der Waals surface area contributed by atoms with Gasteiger partial charge in [0.15, 0.2) is 5.78 Å². The first kappa shape index (κ1) is 32.2. The van der Waals surface area contributed by atoms with Crippen molar-refractivity contribution in [2.24, 2.45) is 0 Å². The number of hydrogen-bond acceptors (Lipinski definition) is 8. The minimum atomic E-state index is -0.256. The van der Waals surface area contributed by atoms with Crippen LogP contribution in [0.25, 0.3) is 22.3 Å². The number of piperidine rings is 1. The Bertz CT molecular complexity index is 1640. The number of aliphatic hydroxyl groups is 1. The van der Waals surface area contributed by atoms with E-state index < -0.39 is 0 Å². The van der Waals surface area contributed by atoms with E-state index in [2.05, 4.69) is 63.6 Å². The van der Waals surface area contributed by atoms with Gasteiger partial charge in [0.05, 0.1) is 36.4 Å². The molecule has 1 aliphatic carbocycles. The molecule has 0 unspecified atom stereocenters. The summed E-state index contributed by atoms with van der Waals surface area (Å²) in [7, 11) is 8.16. The number of ether oxygens (including phenoxy) is 1. The van der Waals surface area contributed by atoms with E-state index in [1.807, 2.05) is 30.3 Å². The number of benzene rings is 2. The molecule has 0 bridgehead atoms. The van der Waals surface area contributed by atoms with E-state index in [1.165, 1.54) is 5.69 Å². The van der Waals surface area contributed by atoms with Gasteiger partial charge in [-0.25, -0.2) is 4.98 Å². The molecule has 2 aromatic heterocycles. The Hall–Kier alpha value is -3.79. The summed E-state index contributed by atoms with van der Waals surface area (Å²) in [6.07, 6.45) is 7.19. The number of hydrogen-bond donors (Lipinski definition) is 1. The molecule has 0 radical (unpaired) electrons. The van der Waals surface area contributed by atoms with E-state index in [0.29, 0.717) is 17.3 Å². The first-order chi connectivity index (χ1) is 22.3. The summed E-state index contributed by atoms with van der Waals surface area (Å²) < 4.78 is 7.86. The van der Waals surface area contributed by atoms with Gasteiger partial charge in [0, 0.05) is 61.3 Å². The number of Topliss-reactive ketones (excluding diaryl/α,β-unsaturated/α-hetero) is 1. The van der Waals surface area contributed by atoms with Gasteiger partial charge in [-0.15, -0.1) is 0 Å². The number of fused-ring (bicyclic) bond motifs is 1. The maximum Gasteiger partial charge on any atom is 0.170 e. The van der Waals surface area contributed by atoms with Gasteiger partial charge in [0.2, 0.25) is 0 Å². The lowest BCUT2D eigenvalue weighted by Gasteiger charge is -2.38. The van der Waals surface area contributed by atoms with Crippen molar-refractivity contribution < 1.29 is 14.6 Å². The minimum Gasteiger partial charge on any atom is -0.496 e. The monoisotopic (exact) mass is 624 g/mol. The number of carbonyl (C=O) groups is 1. The molecule has 1 saturated carbocycles. The molecule has 244 valence electrons. The lowest BCUT2D eigenvalue weighted by atomic mass is 9.92. The molecular weight excluding hydrogens is 576 g/mol. The predicted molar refractivity (Wildman–Crippen MR) is 184 cm³/mol. The van der Waals surface area contributed by atoms with Gasteiger partial charge in [-0.3, -0.25) is 9.78 Å². The van der Waals surface area contributed by atoms with E-state index in [1.54, 1.807) is 19.4 Å². The quantitative estimate of drug-likeness (QED) is 0.220. The minimum absolute atomic E-state index is 0.00614. The van der Waals surface area contributed by atoms with Crippen molar-refractivity contribution in [3.05, 3.63) is 72.2 Å². The normalized spacial score (nSPS) is 19.3. The number of imidazole rings is 1. The van der Waals surface area contributed by atoms with Gasteiger partial charge in [0.25, 0.3) is 0 Å². The molecule has 0 spiro atoms. The summed E-state index contributed by atoms with van der Waals surface area (Å²) in [6, 6.07) is 18.7. The molecule has 0 atom stereocenters. The van der Waals surface area contributed by atoms with Crippen LogP contribution in [0.4, 0.5) is 5.69 Å². The molecule has 46 heavy (non-hydrogen) atoms. The molecule has 9 nitrogen and oxygen atoms in total. The zero-order chi connectivity index (χ0) is 32.2. The van der Waals surface area contributed by atoms with Gasteiger partial charge in [-0.05, 0) is 102 Å². The van der Waals surface area contributed by atoms with Gasteiger partial charge in [0.1, 0.15) is 11.6 Å². The number of anilines is 1. The number of nitrogens with zero attached hydrogens (tertiary/aromatic N) is 6. The number of rotatable bonds is 11. The van der Waals surface area contributed by atoms with Crippen LogP contribution in [-0.2, 0) is 6.42 Å². The molecule has 1 aliphatic heterocycles. The second kappa shape index (κ2) is 14.3. The van der Waals surface area contributed by atoms with Crippen molar-refractivity contribution in [2.75, 3.05) is 59.3 Å². The fourth-order valence-corrected chi connectivity index (χ4v) is 7.13. The average Bonchev–Trinajstić information content (AvgIpc) is 3.44. The Morgan fingerprint density at radius 2 is 1.72 bits per heavy atom. The van der Waals surface area contributed by atoms with E-state index in [-0.39, 0.29) is 24.3 Å². The smallest absolute Gasteiger partial charge is 0.170 e. The van der Waals surface area contributed by atoms with Crippen LogP contribution < -0.4 is 9.64 Å². The third-order valence-electron chi connectivity index (χ3n) is 9.91. The summed E-state index contributed by atoms with van der Waals surface area (Å²) in [5.41, 5.74) is 5.37. The van der Waals surface area contributed by atoms with Crippen LogP contribution in [0.1, 0.15) is 60.7 Å². The van der Waals surface area contributed by atoms with Crippen LogP contribution in [-0.4, -0.2) is 102 Å². The second-order valence-electron chi connectivity index (χ2n) is 13.3. The SMILES string of the molecule is COc1ccccc1-c1cc(C(=O)Cc2nc3ccc(N4CCC(N(C)CCN(C)C)CC4)cc3n2C2CCC(O)CC2)ccn1. The van der Waals surface area contributed by atoms with Gasteiger partial charge in [-0.2, -0.15) is 0 Å². The van der Waals surface area contributed by atoms with Crippen molar-refractivity contribution in [1.82, 2.24) is 24.3 Å². The van der Waals surface area contributed by atoms with Gasteiger partial charge in [-0.1, -0.05) is 12.1 Å².